The number of rotatable bonds is 4. The summed E-state index contributed by atoms with van der Waals surface area (Å²) < 4.78 is 27.3. The zero-order valence-corrected chi connectivity index (χ0v) is 16.7. The van der Waals surface area contributed by atoms with Gasteiger partial charge in [-0.05, 0) is 44.9 Å². The van der Waals surface area contributed by atoms with Crippen LogP contribution in [0.1, 0.15) is 32.7 Å². The molecule has 26 heavy (non-hydrogen) atoms. The summed E-state index contributed by atoms with van der Waals surface area (Å²) in [6.07, 6.45) is 2.50. The van der Waals surface area contributed by atoms with Crippen LogP contribution < -0.4 is 10.2 Å². The normalized spacial score (nSPS) is 19.2. The molecule has 7 nitrogen and oxygen atoms in total. The second kappa shape index (κ2) is 7.13. The third-order valence-electron chi connectivity index (χ3n) is 4.62. The molecule has 0 saturated carbocycles. The lowest BCUT2D eigenvalue weighted by Crippen LogP contribution is -2.43. The molecule has 1 atom stereocenters. The van der Waals surface area contributed by atoms with Crippen molar-refractivity contribution in [3.63, 3.8) is 0 Å². The second-order valence-corrected chi connectivity index (χ2v) is 9.94. The highest BCUT2D eigenvalue weighted by atomic mass is 32.2. The topological polar surface area (TPSA) is 88.5 Å². The van der Waals surface area contributed by atoms with Crippen molar-refractivity contribution in [2.75, 3.05) is 24.7 Å². The largest absolute Gasteiger partial charge is 0.326 e. The number of carbonyl (C=O) groups excluding carboxylic acids is 1. The molecule has 1 aromatic carbocycles. The number of carbonyl (C=O) groups is 1. The first kappa shape index (κ1) is 19.1. The number of anilines is 1. The molecule has 1 fully saturated rings. The third-order valence-corrected chi connectivity index (χ3v) is 6.81. The van der Waals surface area contributed by atoms with Gasteiger partial charge in [0.15, 0.2) is 0 Å². The van der Waals surface area contributed by atoms with Crippen molar-refractivity contribution in [3.05, 3.63) is 27.9 Å². The van der Waals surface area contributed by atoms with Gasteiger partial charge in [-0.1, -0.05) is 11.3 Å². The molecule has 0 bridgehead atoms. The summed E-state index contributed by atoms with van der Waals surface area (Å²) in [6.45, 7) is 4.59. The van der Waals surface area contributed by atoms with Crippen molar-refractivity contribution in [2.24, 2.45) is 5.92 Å². The van der Waals surface area contributed by atoms with Gasteiger partial charge in [0.1, 0.15) is 0 Å². The van der Waals surface area contributed by atoms with E-state index in [-0.39, 0.29) is 29.3 Å². The average molecular weight is 398 g/mol. The molecular weight excluding hydrogens is 374 g/mol. The van der Waals surface area contributed by atoms with E-state index in [4.69, 9.17) is 0 Å². The fourth-order valence-electron chi connectivity index (χ4n) is 3.31. The number of nitrogens with zero attached hydrogens (tertiary/aromatic N) is 2. The van der Waals surface area contributed by atoms with E-state index in [2.05, 4.69) is 5.32 Å². The van der Waals surface area contributed by atoms with Crippen LogP contribution in [0, 0.1) is 5.92 Å². The first-order chi connectivity index (χ1) is 12.2. The lowest BCUT2D eigenvalue weighted by atomic mass is 9.98. The highest BCUT2D eigenvalue weighted by molar-refractivity contribution is 7.88. The molecule has 142 valence electrons. The predicted octanol–water partition coefficient (Wildman–Crippen LogP) is 2.25. The lowest BCUT2D eigenvalue weighted by Gasteiger charge is -2.30. The van der Waals surface area contributed by atoms with Crippen molar-refractivity contribution < 1.29 is 13.2 Å². The van der Waals surface area contributed by atoms with E-state index in [1.54, 1.807) is 16.7 Å². The minimum Gasteiger partial charge on any atom is -0.326 e. The number of piperidine rings is 1. The maximum Gasteiger partial charge on any atom is 0.308 e. The van der Waals surface area contributed by atoms with Crippen LogP contribution in [-0.2, 0) is 14.8 Å². The fraction of sp³-hybridized carbons (Fsp3) is 0.529. The van der Waals surface area contributed by atoms with Gasteiger partial charge in [0.2, 0.25) is 15.9 Å². The molecule has 1 aliphatic rings. The SMILES string of the molecule is CC(C)n1c(=O)sc2cc(NC(=O)C3CCCN(S(C)(=O)=O)C3)ccc21. The van der Waals surface area contributed by atoms with Crippen LogP contribution >= 0.6 is 11.3 Å². The van der Waals surface area contributed by atoms with Gasteiger partial charge in [0.05, 0.1) is 22.4 Å². The Morgan fingerprint density at radius 3 is 2.73 bits per heavy atom. The zero-order chi connectivity index (χ0) is 19.1. The van der Waals surface area contributed by atoms with E-state index in [0.29, 0.717) is 25.1 Å². The summed E-state index contributed by atoms with van der Waals surface area (Å²) >= 11 is 1.16. The standard InChI is InChI=1S/C17H23N3O4S2/c1-11(2)20-14-7-6-13(9-15(14)25-17(20)22)18-16(21)12-5-4-8-19(10-12)26(3,23)24/h6-7,9,11-12H,4-5,8,10H2,1-3H3,(H,18,21). The second-order valence-electron chi connectivity index (χ2n) is 6.96. The van der Waals surface area contributed by atoms with E-state index < -0.39 is 10.0 Å². The first-order valence-corrected chi connectivity index (χ1v) is 11.2. The Labute approximate surface area is 156 Å². The Bertz CT molecular complexity index is 991. The van der Waals surface area contributed by atoms with Crippen LogP contribution in [0.4, 0.5) is 5.69 Å². The van der Waals surface area contributed by atoms with E-state index in [1.807, 2.05) is 19.9 Å². The van der Waals surface area contributed by atoms with Gasteiger partial charge in [-0.15, -0.1) is 0 Å². The highest BCUT2D eigenvalue weighted by Gasteiger charge is 2.30. The number of benzene rings is 1. The Kier molecular flexibility index (Phi) is 5.23. The first-order valence-electron chi connectivity index (χ1n) is 8.58. The number of aromatic nitrogens is 1. The smallest absolute Gasteiger partial charge is 0.308 e. The van der Waals surface area contributed by atoms with Gasteiger partial charge < -0.3 is 5.32 Å². The van der Waals surface area contributed by atoms with Crippen LogP contribution in [-0.4, -0.2) is 42.5 Å². The molecule has 1 unspecified atom stereocenters. The van der Waals surface area contributed by atoms with Gasteiger partial charge in [-0.2, -0.15) is 0 Å². The Balaban J connectivity index is 1.78. The monoisotopic (exact) mass is 397 g/mol. The highest BCUT2D eigenvalue weighted by Crippen LogP contribution is 2.25. The molecular formula is C17H23N3O4S2. The van der Waals surface area contributed by atoms with Gasteiger partial charge in [0, 0.05) is 24.8 Å². The fourth-order valence-corrected chi connectivity index (χ4v) is 5.27. The minimum atomic E-state index is -3.29. The lowest BCUT2D eigenvalue weighted by molar-refractivity contribution is -0.120. The molecule has 1 N–H and O–H groups in total. The van der Waals surface area contributed by atoms with Gasteiger partial charge in [-0.3, -0.25) is 14.2 Å². The van der Waals surface area contributed by atoms with E-state index in [9.17, 15) is 18.0 Å². The summed E-state index contributed by atoms with van der Waals surface area (Å²) in [5.41, 5.74) is 1.48. The molecule has 0 radical (unpaired) electrons. The minimum absolute atomic E-state index is 0.0189. The van der Waals surface area contributed by atoms with Crippen LogP contribution in [0.25, 0.3) is 10.2 Å². The number of hydrogen-bond donors (Lipinski definition) is 1. The molecule has 0 aliphatic carbocycles. The van der Waals surface area contributed by atoms with E-state index in [1.165, 1.54) is 10.6 Å². The number of fused-ring (bicyclic) bond motifs is 1. The molecule has 2 aromatic rings. The molecule has 0 spiro atoms. The molecule has 9 heteroatoms. The number of hydrogen-bond acceptors (Lipinski definition) is 5. The molecule has 2 heterocycles. The summed E-state index contributed by atoms with van der Waals surface area (Å²) in [5.74, 6) is -0.554. The van der Waals surface area contributed by atoms with E-state index in [0.717, 1.165) is 21.6 Å². The summed E-state index contributed by atoms with van der Waals surface area (Å²) in [4.78, 5) is 24.7. The van der Waals surface area contributed by atoms with Crippen molar-refractivity contribution >= 4 is 43.2 Å². The molecule has 1 aliphatic heterocycles. The summed E-state index contributed by atoms with van der Waals surface area (Å²) in [5, 5.41) is 2.87. The third kappa shape index (κ3) is 3.84. The molecule has 3 rings (SSSR count). The van der Waals surface area contributed by atoms with Gasteiger partial charge in [-0.25, -0.2) is 12.7 Å². The average Bonchev–Trinajstić information content (AvgIpc) is 2.89. The Hall–Kier alpha value is -1.71. The van der Waals surface area contributed by atoms with Crippen LogP contribution in [0.15, 0.2) is 23.0 Å². The van der Waals surface area contributed by atoms with Crippen molar-refractivity contribution in [1.82, 2.24) is 8.87 Å². The van der Waals surface area contributed by atoms with Crippen LogP contribution in [0.5, 0.6) is 0 Å². The summed E-state index contributed by atoms with van der Waals surface area (Å²) in [6, 6.07) is 5.49. The van der Waals surface area contributed by atoms with Crippen molar-refractivity contribution in [1.29, 1.82) is 0 Å². The zero-order valence-electron chi connectivity index (χ0n) is 15.1. The Morgan fingerprint density at radius 2 is 2.08 bits per heavy atom. The number of amides is 1. The maximum atomic E-state index is 12.6. The van der Waals surface area contributed by atoms with Crippen LogP contribution in [0.3, 0.4) is 0 Å². The summed E-state index contributed by atoms with van der Waals surface area (Å²) in [7, 11) is -3.29. The molecule has 1 saturated heterocycles. The molecule has 1 aromatic heterocycles. The molecule has 1 amide bonds. The Morgan fingerprint density at radius 1 is 1.35 bits per heavy atom. The predicted molar refractivity (Wildman–Crippen MR) is 104 cm³/mol. The van der Waals surface area contributed by atoms with E-state index >= 15 is 0 Å². The number of nitrogens with one attached hydrogen (secondary N) is 1. The van der Waals surface area contributed by atoms with Gasteiger partial charge >= 0.3 is 4.87 Å². The maximum absolute atomic E-state index is 12.6. The van der Waals surface area contributed by atoms with Crippen molar-refractivity contribution in [3.8, 4) is 0 Å². The number of sulfonamides is 1. The van der Waals surface area contributed by atoms with Crippen LogP contribution in [0.2, 0.25) is 0 Å². The van der Waals surface area contributed by atoms with Gasteiger partial charge in [0.25, 0.3) is 0 Å². The number of thiazole rings is 1. The quantitative estimate of drug-likeness (QED) is 0.857. The van der Waals surface area contributed by atoms with Crippen molar-refractivity contribution in [2.45, 2.75) is 32.7 Å².